The van der Waals surface area contributed by atoms with Gasteiger partial charge in [-0.2, -0.15) is 0 Å². The SMILES string of the molecule is CNCC1CCCN1CC(C)c1cccc(Cl)c1. The molecule has 18 heavy (non-hydrogen) atoms. The highest BCUT2D eigenvalue weighted by Crippen LogP contribution is 2.24. The highest BCUT2D eigenvalue weighted by Gasteiger charge is 2.25. The van der Waals surface area contributed by atoms with Gasteiger partial charge in [0.1, 0.15) is 0 Å². The van der Waals surface area contributed by atoms with Crippen LogP contribution in [0.3, 0.4) is 0 Å². The summed E-state index contributed by atoms with van der Waals surface area (Å²) < 4.78 is 0. The summed E-state index contributed by atoms with van der Waals surface area (Å²) in [5.41, 5.74) is 1.35. The van der Waals surface area contributed by atoms with E-state index in [1.54, 1.807) is 0 Å². The third-order valence-electron chi connectivity index (χ3n) is 3.86. The van der Waals surface area contributed by atoms with Gasteiger partial charge in [0.2, 0.25) is 0 Å². The molecule has 1 N–H and O–H groups in total. The van der Waals surface area contributed by atoms with Gasteiger partial charge in [0, 0.05) is 24.2 Å². The minimum Gasteiger partial charge on any atom is -0.318 e. The Labute approximate surface area is 115 Å². The van der Waals surface area contributed by atoms with Gasteiger partial charge in [0.05, 0.1) is 0 Å². The van der Waals surface area contributed by atoms with E-state index in [2.05, 4.69) is 29.3 Å². The van der Waals surface area contributed by atoms with E-state index >= 15 is 0 Å². The molecule has 2 atom stereocenters. The molecule has 2 nitrogen and oxygen atoms in total. The second-order valence-corrected chi connectivity index (χ2v) is 5.74. The molecule has 1 aromatic carbocycles. The molecule has 2 unspecified atom stereocenters. The molecular weight excluding hydrogens is 244 g/mol. The fourth-order valence-corrected chi connectivity index (χ4v) is 3.07. The van der Waals surface area contributed by atoms with Crippen LogP contribution in [-0.4, -0.2) is 37.6 Å². The summed E-state index contributed by atoms with van der Waals surface area (Å²) in [5, 5.41) is 4.14. The lowest BCUT2D eigenvalue weighted by atomic mass is 10.0. The molecule has 1 saturated heterocycles. The van der Waals surface area contributed by atoms with Crippen LogP contribution in [0.25, 0.3) is 0 Å². The quantitative estimate of drug-likeness (QED) is 0.881. The number of rotatable bonds is 5. The Hall–Kier alpha value is -0.570. The van der Waals surface area contributed by atoms with Gasteiger partial charge in [0.25, 0.3) is 0 Å². The molecule has 1 aliphatic rings. The van der Waals surface area contributed by atoms with Crippen molar-refractivity contribution in [2.45, 2.75) is 31.7 Å². The average Bonchev–Trinajstić information content (AvgIpc) is 2.77. The van der Waals surface area contributed by atoms with Crippen molar-refractivity contribution < 1.29 is 0 Å². The summed E-state index contributed by atoms with van der Waals surface area (Å²) in [6.07, 6.45) is 2.65. The Morgan fingerprint density at radius 1 is 1.50 bits per heavy atom. The van der Waals surface area contributed by atoms with Gasteiger partial charge < -0.3 is 5.32 Å². The van der Waals surface area contributed by atoms with Crippen LogP contribution in [0.4, 0.5) is 0 Å². The molecule has 1 heterocycles. The van der Waals surface area contributed by atoms with Crippen LogP contribution in [0.15, 0.2) is 24.3 Å². The van der Waals surface area contributed by atoms with Crippen molar-refractivity contribution in [1.29, 1.82) is 0 Å². The number of hydrogen-bond acceptors (Lipinski definition) is 2. The van der Waals surface area contributed by atoms with Crippen molar-refractivity contribution in [2.24, 2.45) is 0 Å². The van der Waals surface area contributed by atoms with Crippen LogP contribution in [-0.2, 0) is 0 Å². The monoisotopic (exact) mass is 266 g/mol. The molecule has 0 saturated carbocycles. The van der Waals surface area contributed by atoms with E-state index in [9.17, 15) is 0 Å². The first-order chi connectivity index (χ1) is 8.70. The van der Waals surface area contributed by atoms with Crippen LogP contribution in [0, 0.1) is 0 Å². The van der Waals surface area contributed by atoms with Gasteiger partial charge in [-0.25, -0.2) is 0 Å². The molecule has 0 radical (unpaired) electrons. The molecule has 0 aliphatic carbocycles. The molecule has 100 valence electrons. The summed E-state index contributed by atoms with van der Waals surface area (Å²) >= 11 is 6.06. The second kappa shape index (κ2) is 6.55. The minimum atomic E-state index is 0.543. The Bertz CT molecular complexity index is 381. The van der Waals surface area contributed by atoms with Crippen LogP contribution in [0.1, 0.15) is 31.2 Å². The first-order valence-electron chi connectivity index (χ1n) is 6.85. The van der Waals surface area contributed by atoms with Crippen LogP contribution in [0.2, 0.25) is 5.02 Å². The molecule has 2 rings (SSSR count). The number of nitrogens with one attached hydrogen (secondary N) is 1. The molecule has 1 fully saturated rings. The van der Waals surface area contributed by atoms with Gasteiger partial charge in [-0.05, 0) is 50.0 Å². The number of hydrogen-bond donors (Lipinski definition) is 1. The molecule has 0 bridgehead atoms. The number of likely N-dealkylation sites (tertiary alicyclic amines) is 1. The topological polar surface area (TPSA) is 15.3 Å². The fraction of sp³-hybridized carbons (Fsp3) is 0.600. The molecule has 0 aromatic heterocycles. The second-order valence-electron chi connectivity index (χ2n) is 5.30. The van der Waals surface area contributed by atoms with Gasteiger partial charge in [0.15, 0.2) is 0 Å². The Kier molecular flexibility index (Phi) is 5.04. The predicted octanol–water partition coefficient (Wildman–Crippen LogP) is 3.13. The third kappa shape index (κ3) is 3.47. The van der Waals surface area contributed by atoms with Gasteiger partial charge in [-0.3, -0.25) is 4.90 Å². The van der Waals surface area contributed by atoms with Crippen molar-refractivity contribution in [3.05, 3.63) is 34.9 Å². The summed E-state index contributed by atoms with van der Waals surface area (Å²) in [6.45, 7) is 5.76. The minimum absolute atomic E-state index is 0.543. The Balaban J connectivity index is 1.96. The first-order valence-corrected chi connectivity index (χ1v) is 7.22. The van der Waals surface area contributed by atoms with Gasteiger partial charge in [-0.1, -0.05) is 30.7 Å². The van der Waals surface area contributed by atoms with Crippen molar-refractivity contribution in [3.8, 4) is 0 Å². The number of benzene rings is 1. The maximum absolute atomic E-state index is 6.06. The van der Waals surface area contributed by atoms with Crippen molar-refractivity contribution in [2.75, 3.05) is 26.7 Å². The van der Waals surface area contributed by atoms with E-state index in [0.29, 0.717) is 12.0 Å². The lowest BCUT2D eigenvalue weighted by molar-refractivity contribution is 0.239. The fourth-order valence-electron chi connectivity index (χ4n) is 2.87. The van der Waals surface area contributed by atoms with Gasteiger partial charge >= 0.3 is 0 Å². The zero-order valence-corrected chi connectivity index (χ0v) is 12.1. The molecule has 0 amide bonds. The van der Waals surface area contributed by atoms with Crippen LogP contribution >= 0.6 is 11.6 Å². The van der Waals surface area contributed by atoms with Crippen molar-refractivity contribution >= 4 is 11.6 Å². The molecule has 1 aromatic rings. The number of halogens is 1. The van der Waals surface area contributed by atoms with E-state index in [-0.39, 0.29) is 0 Å². The number of likely N-dealkylation sites (N-methyl/N-ethyl adjacent to an activating group) is 1. The largest absolute Gasteiger partial charge is 0.318 e. The summed E-state index contributed by atoms with van der Waals surface area (Å²) in [5.74, 6) is 0.543. The molecule has 3 heteroatoms. The van der Waals surface area contributed by atoms with E-state index in [1.165, 1.54) is 24.9 Å². The lowest BCUT2D eigenvalue weighted by Gasteiger charge is -2.27. The number of nitrogens with zero attached hydrogens (tertiary/aromatic N) is 1. The zero-order chi connectivity index (χ0) is 13.0. The average molecular weight is 267 g/mol. The first kappa shape index (κ1) is 13.9. The van der Waals surface area contributed by atoms with Crippen molar-refractivity contribution in [3.63, 3.8) is 0 Å². The predicted molar refractivity (Wildman–Crippen MR) is 78.4 cm³/mol. The highest BCUT2D eigenvalue weighted by molar-refractivity contribution is 6.30. The smallest absolute Gasteiger partial charge is 0.0408 e. The summed E-state index contributed by atoms with van der Waals surface area (Å²) in [7, 11) is 2.04. The maximum Gasteiger partial charge on any atom is 0.0408 e. The van der Waals surface area contributed by atoms with E-state index in [1.807, 2.05) is 19.2 Å². The lowest BCUT2D eigenvalue weighted by Crippen LogP contribution is -2.38. The highest BCUT2D eigenvalue weighted by atomic mass is 35.5. The van der Waals surface area contributed by atoms with Crippen LogP contribution in [0.5, 0.6) is 0 Å². The van der Waals surface area contributed by atoms with E-state index in [4.69, 9.17) is 11.6 Å². The molecular formula is C15H23ClN2. The normalized spacial score (nSPS) is 22.3. The molecule has 0 spiro atoms. The van der Waals surface area contributed by atoms with Crippen molar-refractivity contribution in [1.82, 2.24) is 10.2 Å². The van der Waals surface area contributed by atoms with E-state index < -0.39 is 0 Å². The Morgan fingerprint density at radius 2 is 2.33 bits per heavy atom. The zero-order valence-electron chi connectivity index (χ0n) is 11.3. The van der Waals surface area contributed by atoms with Gasteiger partial charge in [-0.15, -0.1) is 0 Å². The van der Waals surface area contributed by atoms with E-state index in [0.717, 1.165) is 18.1 Å². The Morgan fingerprint density at radius 3 is 3.06 bits per heavy atom. The summed E-state index contributed by atoms with van der Waals surface area (Å²) in [4.78, 5) is 2.61. The summed E-state index contributed by atoms with van der Waals surface area (Å²) in [6, 6.07) is 8.96. The molecule has 1 aliphatic heterocycles. The van der Waals surface area contributed by atoms with Crippen LogP contribution < -0.4 is 5.32 Å². The maximum atomic E-state index is 6.06. The third-order valence-corrected chi connectivity index (χ3v) is 4.10. The standard InChI is InChI=1S/C15H23ClN2/c1-12(13-5-3-6-14(16)9-13)11-18-8-4-7-15(18)10-17-2/h3,5-6,9,12,15,17H,4,7-8,10-11H2,1-2H3.